The van der Waals surface area contributed by atoms with E-state index in [2.05, 4.69) is 5.32 Å². The molecule has 0 unspecified atom stereocenters. The van der Waals surface area contributed by atoms with Crippen molar-refractivity contribution in [1.82, 2.24) is 5.32 Å². The van der Waals surface area contributed by atoms with Crippen LogP contribution in [-0.4, -0.2) is 25.1 Å². The molecule has 25 heavy (non-hydrogen) atoms. The van der Waals surface area contributed by atoms with Gasteiger partial charge in [-0.1, -0.05) is 67.5 Å². The number of ether oxygens (including phenoxy) is 1. The van der Waals surface area contributed by atoms with Crippen molar-refractivity contribution >= 4 is 5.97 Å². The van der Waals surface area contributed by atoms with Gasteiger partial charge in [0.05, 0.1) is 6.79 Å². The van der Waals surface area contributed by atoms with Crippen LogP contribution in [0.2, 0.25) is 0 Å². The van der Waals surface area contributed by atoms with Gasteiger partial charge in [0.25, 0.3) is 0 Å². The first kappa shape index (κ1) is 12.3. The van der Waals surface area contributed by atoms with Crippen molar-refractivity contribution in [2.75, 3.05) is 7.05 Å². The molecule has 0 fully saturated rings. The molecule has 2 aromatic carbocycles. The van der Waals surface area contributed by atoms with Crippen molar-refractivity contribution in [3.63, 3.8) is 0 Å². The number of benzene rings is 2. The van der Waals surface area contributed by atoms with Crippen LogP contribution in [0.4, 0.5) is 0 Å². The first-order valence-electron chi connectivity index (χ1n) is 11.3. The van der Waals surface area contributed by atoms with Crippen LogP contribution in [-0.2, 0) is 14.9 Å². The molecule has 0 heterocycles. The lowest BCUT2D eigenvalue weighted by Crippen LogP contribution is -2.47. The number of esters is 1. The van der Waals surface area contributed by atoms with Crippen LogP contribution in [0.3, 0.4) is 0 Å². The zero-order chi connectivity index (χ0) is 23.5. The maximum Gasteiger partial charge on any atom is 0.302 e. The molecule has 0 aliphatic carbocycles. The highest BCUT2D eigenvalue weighted by molar-refractivity contribution is 5.66. The van der Waals surface area contributed by atoms with Crippen molar-refractivity contribution in [2.24, 2.45) is 0 Å². The van der Waals surface area contributed by atoms with Gasteiger partial charge in [-0.2, -0.15) is 0 Å². The Labute approximate surface area is 159 Å². The zero-order valence-corrected chi connectivity index (χ0v) is 14.9. The van der Waals surface area contributed by atoms with Crippen LogP contribution in [0.5, 0.6) is 0 Å². The first-order chi connectivity index (χ1) is 14.3. The first-order valence-corrected chi connectivity index (χ1v) is 8.31. The van der Waals surface area contributed by atoms with E-state index in [9.17, 15) is 6.17 Å². The van der Waals surface area contributed by atoms with E-state index in [4.69, 9.17) is 11.6 Å². The van der Waals surface area contributed by atoms with Crippen molar-refractivity contribution in [3.8, 4) is 0 Å². The Hall–Kier alpha value is -2.13. The van der Waals surface area contributed by atoms with Gasteiger partial charge in [0.1, 0.15) is 6.08 Å². The lowest BCUT2D eigenvalue weighted by molar-refractivity contribution is -0.149. The summed E-state index contributed by atoms with van der Waals surface area (Å²) < 4.78 is 55.7. The molecule has 2 rings (SSSR count). The molecule has 2 atom stereocenters. The molecular formula is C22H29NO2. The van der Waals surface area contributed by atoms with E-state index < -0.39 is 30.7 Å². The minimum absolute atomic E-state index is 0.101. The summed E-state index contributed by atoms with van der Waals surface area (Å²) in [4.78, 5) is 12.2. The normalized spacial score (nSPS) is 19.8. The van der Waals surface area contributed by atoms with Gasteiger partial charge in [0.15, 0.2) is 0 Å². The quantitative estimate of drug-likeness (QED) is 0.725. The summed E-state index contributed by atoms with van der Waals surface area (Å²) >= 11 is 0. The second kappa shape index (κ2) is 8.82. The number of carbonyl (C=O) groups is 1. The monoisotopic (exact) mass is 345 g/mol. The summed E-state index contributed by atoms with van der Waals surface area (Å²) in [5.41, 5.74) is -0.679. The van der Waals surface area contributed by atoms with Crippen molar-refractivity contribution < 1.29 is 17.8 Å². The van der Waals surface area contributed by atoms with Crippen LogP contribution in [0, 0.1) is 0 Å². The minimum Gasteiger partial charge on any atom is -0.461 e. The highest BCUT2D eigenvalue weighted by Crippen LogP contribution is 2.42. The fraction of sp³-hybridized carbons (Fsp3) is 0.409. The summed E-state index contributed by atoms with van der Waals surface area (Å²) in [5.74, 6) is -0.934. The molecule has 0 amide bonds. The van der Waals surface area contributed by atoms with Gasteiger partial charge in [-0.3, -0.25) is 4.79 Å². The average molecular weight is 346 g/mol. The molecule has 3 nitrogen and oxygen atoms in total. The largest absolute Gasteiger partial charge is 0.461 e. The van der Waals surface area contributed by atoms with Crippen LogP contribution >= 0.6 is 0 Å². The third-order valence-electron chi connectivity index (χ3n) is 4.39. The van der Waals surface area contributed by atoms with E-state index in [0.29, 0.717) is 11.1 Å². The third-order valence-corrected chi connectivity index (χ3v) is 4.39. The Morgan fingerprint density at radius 1 is 1.20 bits per heavy atom. The smallest absolute Gasteiger partial charge is 0.302 e. The van der Waals surface area contributed by atoms with Gasteiger partial charge in [-0.05, 0) is 37.9 Å². The molecule has 0 aliphatic heterocycles. The Kier molecular flexibility index (Phi) is 4.32. The minimum atomic E-state index is -3.23. The standard InChI is InChI=1S/C22H29NO2/c1-5-21(25-18(3)24)22(16-17(2)23-4,19-12-8-6-9-13-19)20-14-10-7-11-15-20/h6-15,17,21,23H,5,16H2,1-4H3/t17-,21-/m0/s1/i1D3,5D2,21D. The maximum atomic E-state index is 12.2. The summed E-state index contributed by atoms with van der Waals surface area (Å²) in [6.45, 7) is -0.331. The number of carbonyl (C=O) groups excluding carboxylic acids is 1. The fourth-order valence-electron chi connectivity index (χ4n) is 3.13. The Bertz CT molecular complexity index is 833. The summed E-state index contributed by atoms with van der Waals surface area (Å²) in [6.07, 6.45) is -5.92. The molecule has 0 aromatic heterocycles. The van der Waals surface area contributed by atoms with E-state index in [-0.39, 0.29) is 12.5 Å². The number of rotatable bonds is 8. The molecule has 0 bridgehead atoms. The van der Waals surface area contributed by atoms with Crippen LogP contribution < -0.4 is 5.32 Å². The van der Waals surface area contributed by atoms with Gasteiger partial charge in [0, 0.05) is 19.8 Å². The lowest BCUT2D eigenvalue weighted by atomic mass is 9.66. The van der Waals surface area contributed by atoms with Crippen LogP contribution in [0.1, 0.15) is 52.8 Å². The molecule has 0 aliphatic rings. The highest BCUT2D eigenvalue weighted by atomic mass is 16.5. The van der Waals surface area contributed by atoms with Gasteiger partial charge >= 0.3 is 5.97 Å². The third kappa shape index (κ3) is 4.29. The molecule has 3 heteroatoms. The number of hydrogen-bond acceptors (Lipinski definition) is 3. The van der Waals surface area contributed by atoms with Crippen LogP contribution in [0.25, 0.3) is 0 Å². The van der Waals surface area contributed by atoms with Gasteiger partial charge in [-0.25, -0.2) is 0 Å². The Balaban J connectivity index is 3.05. The van der Waals surface area contributed by atoms with Crippen molar-refractivity contribution in [2.45, 2.75) is 51.0 Å². The van der Waals surface area contributed by atoms with Gasteiger partial charge in [0.2, 0.25) is 0 Å². The summed E-state index contributed by atoms with van der Waals surface area (Å²) in [6, 6.07) is 17.0. The average Bonchev–Trinajstić information content (AvgIpc) is 2.71. The second-order valence-corrected chi connectivity index (χ2v) is 6.08. The number of hydrogen-bond donors (Lipinski definition) is 1. The maximum absolute atomic E-state index is 12.2. The van der Waals surface area contributed by atoms with Crippen molar-refractivity contribution in [3.05, 3.63) is 71.8 Å². The fourth-order valence-corrected chi connectivity index (χ4v) is 3.13. The summed E-state index contributed by atoms with van der Waals surface area (Å²) in [5, 5.41) is 3.09. The molecule has 2 aromatic rings. The SMILES string of the molecule is [2H]C([2H])([2H])C([2H])([2H])[C@]([2H])(OC(C)=O)C(C[C@H](C)NC)(c1ccccc1)c1ccccc1. The topological polar surface area (TPSA) is 38.3 Å². The summed E-state index contributed by atoms with van der Waals surface area (Å²) in [7, 11) is 1.72. The Morgan fingerprint density at radius 2 is 1.72 bits per heavy atom. The van der Waals surface area contributed by atoms with Crippen molar-refractivity contribution in [1.29, 1.82) is 0 Å². The zero-order valence-electron chi connectivity index (χ0n) is 20.9. The van der Waals surface area contributed by atoms with E-state index in [1.54, 1.807) is 67.7 Å². The highest BCUT2D eigenvalue weighted by Gasteiger charge is 2.44. The van der Waals surface area contributed by atoms with Gasteiger partial charge < -0.3 is 10.1 Å². The predicted molar refractivity (Wildman–Crippen MR) is 103 cm³/mol. The molecule has 0 spiro atoms. The predicted octanol–water partition coefficient (Wildman–Crippen LogP) is 4.31. The molecule has 1 N–H and O–H groups in total. The van der Waals surface area contributed by atoms with E-state index >= 15 is 0 Å². The molecule has 134 valence electrons. The molecule has 0 saturated carbocycles. The van der Waals surface area contributed by atoms with E-state index in [1.807, 2.05) is 6.92 Å². The molecule has 0 radical (unpaired) electrons. The Morgan fingerprint density at radius 3 is 2.12 bits per heavy atom. The van der Waals surface area contributed by atoms with Gasteiger partial charge in [-0.15, -0.1) is 0 Å². The van der Waals surface area contributed by atoms with E-state index in [1.165, 1.54) is 0 Å². The second-order valence-electron chi connectivity index (χ2n) is 6.08. The molecular weight excluding hydrogens is 310 g/mol. The van der Waals surface area contributed by atoms with Crippen LogP contribution in [0.15, 0.2) is 60.7 Å². The lowest BCUT2D eigenvalue weighted by Gasteiger charge is -2.42. The molecule has 0 saturated heterocycles. The van der Waals surface area contributed by atoms with E-state index in [0.717, 1.165) is 6.92 Å². The number of nitrogens with one attached hydrogen (secondary N) is 1.